The largest absolute Gasteiger partial charge is 0.468 e. The van der Waals surface area contributed by atoms with Gasteiger partial charge in [-0.2, -0.15) is 0 Å². The molecule has 108 valence electrons. The maximum atomic E-state index is 11.8. The van der Waals surface area contributed by atoms with Gasteiger partial charge >= 0.3 is 12.1 Å². The summed E-state index contributed by atoms with van der Waals surface area (Å²) in [5, 5.41) is 2.75. The molecule has 5 nitrogen and oxygen atoms in total. The Kier molecular flexibility index (Phi) is 4.61. The highest BCUT2D eigenvalue weighted by Gasteiger charge is 2.41. The van der Waals surface area contributed by atoms with Gasteiger partial charge in [0.1, 0.15) is 5.60 Å². The molecule has 0 saturated carbocycles. The summed E-state index contributed by atoms with van der Waals surface area (Å²) in [6, 6.07) is -0.200. The zero-order chi connectivity index (χ0) is 14.7. The molecule has 0 spiro atoms. The van der Waals surface area contributed by atoms with Crippen LogP contribution < -0.4 is 5.32 Å². The second-order valence-corrected chi connectivity index (χ2v) is 5.82. The van der Waals surface area contributed by atoms with Gasteiger partial charge in [0.25, 0.3) is 0 Å². The number of amides is 1. The minimum atomic E-state index is -0.631. The maximum Gasteiger partial charge on any atom is 0.408 e. The first kappa shape index (κ1) is 15.5. The average molecular weight is 269 g/mol. The van der Waals surface area contributed by atoms with E-state index in [9.17, 15) is 9.59 Å². The van der Waals surface area contributed by atoms with Crippen molar-refractivity contribution in [2.45, 2.75) is 52.2 Å². The summed E-state index contributed by atoms with van der Waals surface area (Å²) in [4.78, 5) is 23.5. The molecule has 1 amide bonds. The molecule has 2 atom stereocenters. The maximum absolute atomic E-state index is 11.8. The molecule has 1 N–H and O–H groups in total. The monoisotopic (exact) mass is 269 g/mol. The third-order valence-electron chi connectivity index (χ3n) is 3.16. The number of methoxy groups -OCH3 is 1. The zero-order valence-corrected chi connectivity index (χ0v) is 12.3. The molecule has 0 radical (unpaired) electrons. The number of hydrogen-bond acceptors (Lipinski definition) is 4. The molecule has 0 unspecified atom stereocenters. The molecule has 5 heteroatoms. The van der Waals surface area contributed by atoms with Gasteiger partial charge in [-0.3, -0.25) is 4.79 Å². The first-order valence-electron chi connectivity index (χ1n) is 6.50. The number of rotatable bonds is 3. The number of ether oxygens (including phenoxy) is 2. The Balaban J connectivity index is 2.60. The number of alkyl carbamates (subject to hydrolysis) is 1. The van der Waals surface area contributed by atoms with Gasteiger partial charge in [-0.05, 0) is 33.6 Å². The molecule has 0 aliphatic heterocycles. The van der Waals surface area contributed by atoms with Gasteiger partial charge < -0.3 is 14.8 Å². The molecule has 0 saturated heterocycles. The number of carbonyl (C=O) groups excluding carboxylic acids is 2. The van der Waals surface area contributed by atoms with Crippen molar-refractivity contribution in [3.8, 4) is 0 Å². The SMILES string of the molecule is CC[C@]1(C(=O)OC)C=C[C@@H](NC(=O)OC(C)(C)C)C1. The second kappa shape index (κ2) is 5.63. The lowest BCUT2D eigenvalue weighted by Crippen LogP contribution is -2.40. The van der Waals surface area contributed by atoms with Crippen molar-refractivity contribution >= 4 is 12.1 Å². The molecular weight excluding hydrogens is 246 g/mol. The first-order valence-corrected chi connectivity index (χ1v) is 6.50. The van der Waals surface area contributed by atoms with Crippen molar-refractivity contribution in [1.82, 2.24) is 5.32 Å². The van der Waals surface area contributed by atoms with Gasteiger partial charge in [-0.15, -0.1) is 0 Å². The van der Waals surface area contributed by atoms with Crippen LogP contribution in [0.5, 0.6) is 0 Å². The van der Waals surface area contributed by atoms with Crippen molar-refractivity contribution in [3.63, 3.8) is 0 Å². The second-order valence-electron chi connectivity index (χ2n) is 5.82. The molecule has 0 aromatic carbocycles. The number of nitrogens with one attached hydrogen (secondary N) is 1. The third kappa shape index (κ3) is 3.98. The molecule has 0 fully saturated rings. The highest BCUT2D eigenvalue weighted by molar-refractivity contribution is 5.80. The molecule has 1 aliphatic carbocycles. The van der Waals surface area contributed by atoms with Gasteiger partial charge in [0.15, 0.2) is 0 Å². The standard InChI is InChI=1S/C14H23NO4/c1-6-14(11(16)18-5)8-7-10(9-14)15-12(17)19-13(2,3)4/h7-8,10H,6,9H2,1-5H3,(H,15,17)/t10-,14+/m1/s1. The number of hydrogen-bond donors (Lipinski definition) is 1. The highest BCUT2D eigenvalue weighted by Crippen LogP contribution is 2.36. The fourth-order valence-electron chi connectivity index (χ4n) is 2.15. The van der Waals surface area contributed by atoms with Crippen LogP contribution in [0.3, 0.4) is 0 Å². The van der Waals surface area contributed by atoms with Crippen molar-refractivity contribution < 1.29 is 19.1 Å². The number of esters is 1. The predicted octanol–water partition coefficient (Wildman–Crippen LogP) is 2.41. The third-order valence-corrected chi connectivity index (χ3v) is 3.16. The molecular formula is C14H23NO4. The Labute approximate surface area is 114 Å². The fourth-order valence-corrected chi connectivity index (χ4v) is 2.15. The van der Waals surface area contributed by atoms with Crippen molar-refractivity contribution in [3.05, 3.63) is 12.2 Å². The van der Waals surface area contributed by atoms with E-state index in [0.717, 1.165) is 0 Å². The normalized spacial score (nSPS) is 26.1. The molecule has 1 rings (SSSR count). The van der Waals surface area contributed by atoms with Gasteiger partial charge in [-0.1, -0.05) is 19.1 Å². The van der Waals surface area contributed by atoms with E-state index in [1.165, 1.54) is 7.11 Å². The summed E-state index contributed by atoms with van der Waals surface area (Å²) >= 11 is 0. The van der Waals surface area contributed by atoms with Crippen molar-refractivity contribution in [1.29, 1.82) is 0 Å². The lowest BCUT2D eigenvalue weighted by atomic mass is 9.84. The summed E-state index contributed by atoms with van der Waals surface area (Å²) < 4.78 is 10.0. The number of carbonyl (C=O) groups is 2. The Morgan fingerprint density at radius 3 is 2.53 bits per heavy atom. The van der Waals surface area contributed by atoms with Crippen LogP contribution in [-0.4, -0.2) is 30.8 Å². The quantitative estimate of drug-likeness (QED) is 0.631. The fraction of sp³-hybridized carbons (Fsp3) is 0.714. The molecule has 0 heterocycles. The van der Waals surface area contributed by atoms with Crippen LogP contribution >= 0.6 is 0 Å². The molecule has 19 heavy (non-hydrogen) atoms. The minimum absolute atomic E-state index is 0.200. The van der Waals surface area contributed by atoms with Gasteiger partial charge in [0.2, 0.25) is 0 Å². The summed E-state index contributed by atoms with van der Waals surface area (Å²) in [7, 11) is 1.38. The molecule has 0 aromatic rings. The topological polar surface area (TPSA) is 64.6 Å². The average Bonchev–Trinajstić information content (AvgIpc) is 2.70. The van der Waals surface area contributed by atoms with Crippen LogP contribution in [-0.2, 0) is 14.3 Å². The van der Waals surface area contributed by atoms with E-state index in [1.807, 2.05) is 39.8 Å². The summed E-state index contributed by atoms with van der Waals surface area (Å²) in [5.41, 5.74) is -1.16. The van der Waals surface area contributed by atoms with E-state index >= 15 is 0 Å². The lowest BCUT2D eigenvalue weighted by Gasteiger charge is -2.25. The summed E-state index contributed by atoms with van der Waals surface area (Å²) in [6.07, 6.45) is 4.32. The lowest BCUT2D eigenvalue weighted by molar-refractivity contribution is -0.150. The van der Waals surface area contributed by atoms with E-state index in [-0.39, 0.29) is 12.0 Å². The van der Waals surface area contributed by atoms with E-state index in [4.69, 9.17) is 9.47 Å². The Bertz CT molecular complexity index is 383. The van der Waals surface area contributed by atoms with E-state index in [1.54, 1.807) is 0 Å². The predicted molar refractivity (Wildman–Crippen MR) is 71.7 cm³/mol. The van der Waals surface area contributed by atoms with Gasteiger partial charge in [-0.25, -0.2) is 4.79 Å². The Hall–Kier alpha value is -1.52. The van der Waals surface area contributed by atoms with Crippen LogP contribution in [0, 0.1) is 5.41 Å². The van der Waals surface area contributed by atoms with Crippen LogP contribution in [0.1, 0.15) is 40.5 Å². The molecule has 0 aromatic heterocycles. The van der Waals surface area contributed by atoms with Crippen molar-refractivity contribution in [2.24, 2.45) is 5.41 Å². The first-order chi connectivity index (χ1) is 8.72. The summed E-state index contributed by atoms with van der Waals surface area (Å²) in [6.45, 7) is 7.35. The van der Waals surface area contributed by atoms with Crippen LogP contribution in [0.4, 0.5) is 4.79 Å². The van der Waals surface area contributed by atoms with E-state index < -0.39 is 17.1 Å². The van der Waals surface area contributed by atoms with Crippen molar-refractivity contribution in [2.75, 3.05) is 7.11 Å². The van der Waals surface area contributed by atoms with Crippen LogP contribution in [0.15, 0.2) is 12.2 Å². The molecule has 0 bridgehead atoms. The van der Waals surface area contributed by atoms with E-state index in [2.05, 4.69) is 5.32 Å². The van der Waals surface area contributed by atoms with Gasteiger partial charge in [0, 0.05) is 0 Å². The van der Waals surface area contributed by atoms with Gasteiger partial charge in [0.05, 0.1) is 18.6 Å². The van der Waals surface area contributed by atoms with E-state index in [0.29, 0.717) is 12.8 Å². The zero-order valence-electron chi connectivity index (χ0n) is 12.3. The Morgan fingerprint density at radius 1 is 1.42 bits per heavy atom. The van der Waals surface area contributed by atoms with Crippen LogP contribution in [0.2, 0.25) is 0 Å². The highest BCUT2D eigenvalue weighted by atomic mass is 16.6. The molecule has 1 aliphatic rings. The smallest absolute Gasteiger partial charge is 0.408 e. The minimum Gasteiger partial charge on any atom is -0.468 e. The summed E-state index contributed by atoms with van der Waals surface area (Å²) in [5.74, 6) is -0.264. The van der Waals surface area contributed by atoms with Crippen LogP contribution in [0.25, 0.3) is 0 Å². The Morgan fingerprint density at radius 2 is 2.05 bits per heavy atom.